The van der Waals surface area contributed by atoms with Gasteiger partial charge in [-0.1, -0.05) is 48.5 Å². The number of nitrogens with one attached hydrogen (secondary N) is 2. The van der Waals surface area contributed by atoms with E-state index >= 15 is 0 Å². The van der Waals surface area contributed by atoms with Crippen molar-refractivity contribution < 1.29 is 14.5 Å². The van der Waals surface area contributed by atoms with Crippen molar-refractivity contribution in [2.24, 2.45) is 0 Å². The maximum Gasteiger partial charge on any atom is 0.267 e. The highest BCUT2D eigenvalue weighted by atomic mass is 31.2. The van der Waals surface area contributed by atoms with E-state index in [2.05, 4.69) is 23.3 Å². The van der Waals surface area contributed by atoms with Crippen LogP contribution in [0.15, 0.2) is 72.8 Å². The van der Waals surface area contributed by atoms with Gasteiger partial charge in [-0.05, 0) is 35.2 Å². The SMILES string of the molecule is CP(Nc1ccc(/C=C/C(=O)NO)cc1)Oc1cccc2ccccc12. The summed E-state index contributed by atoms with van der Waals surface area (Å²) in [5.41, 5.74) is 3.35. The number of hydroxylamine groups is 1. The van der Waals surface area contributed by atoms with Crippen molar-refractivity contribution in [3.05, 3.63) is 78.4 Å². The summed E-state index contributed by atoms with van der Waals surface area (Å²) in [5, 5.41) is 14.1. The van der Waals surface area contributed by atoms with E-state index in [1.165, 1.54) is 6.08 Å². The summed E-state index contributed by atoms with van der Waals surface area (Å²) in [5.74, 6) is 0.298. The van der Waals surface area contributed by atoms with E-state index in [0.29, 0.717) is 0 Å². The molecule has 0 aliphatic carbocycles. The summed E-state index contributed by atoms with van der Waals surface area (Å²) < 4.78 is 6.11. The minimum Gasteiger partial charge on any atom is -0.453 e. The zero-order chi connectivity index (χ0) is 18.4. The summed E-state index contributed by atoms with van der Waals surface area (Å²) in [6.07, 6.45) is 2.88. The van der Waals surface area contributed by atoms with Gasteiger partial charge in [0.2, 0.25) is 0 Å². The number of hydrogen-bond donors (Lipinski definition) is 3. The molecule has 1 amide bonds. The van der Waals surface area contributed by atoms with Crippen LogP contribution in [0, 0.1) is 0 Å². The summed E-state index contributed by atoms with van der Waals surface area (Å²) in [6.45, 7) is 2.01. The molecule has 0 spiro atoms. The fraction of sp³-hybridized carbons (Fsp3) is 0.0500. The molecule has 0 radical (unpaired) electrons. The topological polar surface area (TPSA) is 70.6 Å². The van der Waals surface area contributed by atoms with Crippen LogP contribution in [0.25, 0.3) is 16.8 Å². The average molecular weight is 366 g/mol. The van der Waals surface area contributed by atoms with Crippen LogP contribution in [0.3, 0.4) is 0 Å². The Balaban J connectivity index is 1.65. The van der Waals surface area contributed by atoms with E-state index in [1.807, 2.05) is 55.2 Å². The summed E-state index contributed by atoms with van der Waals surface area (Å²) in [7, 11) is -0.902. The van der Waals surface area contributed by atoms with Crippen molar-refractivity contribution in [2.45, 2.75) is 0 Å². The molecule has 0 fully saturated rings. The molecule has 5 nitrogen and oxygen atoms in total. The Morgan fingerprint density at radius 2 is 1.77 bits per heavy atom. The third-order valence-electron chi connectivity index (χ3n) is 3.72. The number of rotatable bonds is 6. The van der Waals surface area contributed by atoms with Gasteiger partial charge in [0.05, 0.1) is 0 Å². The third kappa shape index (κ3) is 4.60. The first kappa shape index (κ1) is 17.9. The number of hydrogen-bond acceptors (Lipinski definition) is 4. The van der Waals surface area contributed by atoms with Gasteiger partial charge in [0, 0.05) is 23.8 Å². The Kier molecular flexibility index (Phi) is 5.84. The second-order valence-electron chi connectivity index (χ2n) is 5.61. The molecule has 0 saturated carbocycles. The molecule has 1 unspecified atom stereocenters. The maximum atomic E-state index is 11.0. The Morgan fingerprint density at radius 3 is 2.54 bits per heavy atom. The molecule has 3 rings (SSSR count). The lowest BCUT2D eigenvalue weighted by Gasteiger charge is -2.17. The first-order valence-corrected chi connectivity index (χ1v) is 9.75. The van der Waals surface area contributed by atoms with Gasteiger partial charge in [0.25, 0.3) is 5.91 Å². The van der Waals surface area contributed by atoms with Crippen molar-refractivity contribution in [1.82, 2.24) is 5.48 Å². The van der Waals surface area contributed by atoms with Crippen molar-refractivity contribution in [2.75, 3.05) is 11.8 Å². The fourth-order valence-corrected chi connectivity index (χ4v) is 3.52. The fourth-order valence-electron chi connectivity index (χ4n) is 2.51. The zero-order valence-electron chi connectivity index (χ0n) is 14.2. The molecular formula is C20H19N2O3P. The number of fused-ring (bicyclic) bond motifs is 1. The molecule has 0 aliphatic heterocycles. The van der Waals surface area contributed by atoms with Crippen molar-refractivity contribution in [3.63, 3.8) is 0 Å². The van der Waals surface area contributed by atoms with Crippen LogP contribution in [0.5, 0.6) is 5.75 Å². The Hall–Kier alpha value is -2.88. The van der Waals surface area contributed by atoms with Gasteiger partial charge < -0.3 is 9.61 Å². The van der Waals surface area contributed by atoms with Gasteiger partial charge in [0.15, 0.2) is 8.30 Å². The molecule has 26 heavy (non-hydrogen) atoms. The van der Waals surface area contributed by atoms with Crippen LogP contribution < -0.4 is 15.1 Å². The largest absolute Gasteiger partial charge is 0.453 e. The summed E-state index contributed by atoms with van der Waals surface area (Å²) in [6, 6.07) is 21.8. The molecule has 0 heterocycles. The molecule has 1 atom stereocenters. The van der Waals surface area contributed by atoms with Crippen molar-refractivity contribution in [1.29, 1.82) is 0 Å². The third-order valence-corrected chi connectivity index (χ3v) is 4.76. The van der Waals surface area contributed by atoms with Crippen molar-refractivity contribution in [3.8, 4) is 5.75 Å². The minimum absolute atomic E-state index is 0.562. The normalized spacial score (nSPS) is 12.1. The molecule has 3 aromatic carbocycles. The van der Waals surface area contributed by atoms with Gasteiger partial charge in [-0.2, -0.15) is 0 Å². The minimum atomic E-state index is -0.902. The van der Waals surface area contributed by atoms with E-state index in [4.69, 9.17) is 9.73 Å². The standard InChI is InChI=1S/C20H19N2O3P/c1-26(25-19-8-4-6-16-5-2-3-7-18(16)19)22-17-12-9-15(10-13-17)11-14-20(23)21-24/h2-14,22,24H,1H3,(H,21,23)/b14-11+. The smallest absolute Gasteiger partial charge is 0.267 e. The monoisotopic (exact) mass is 366 g/mol. The predicted octanol–water partition coefficient (Wildman–Crippen LogP) is 4.79. The van der Waals surface area contributed by atoms with E-state index in [-0.39, 0.29) is 0 Å². The lowest BCUT2D eigenvalue weighted by molar-refractivity contribution is -0.124. The number of benzene rings is 3. The molecular weight excluding hydrogens is 347 g/mol. The van der Waals surface area contributed by atoms with E-state index < -0.39 is 14.2 Å². The lowest BCUT2D eigenvalue weighted by Crippen LogP contribution is -2.14. The maximum absolute atomic E-state index is 11.0. The van der Waals surface area contributed by atoms with Crippen LogP contribution in [0.1, 0.15) is 5.56 Å². The summed E-state index contributed by atoms with van der Waals surface area (Å²) in [4.78, 5) is 11.0. The summed E-state index contributed by atoms with van der Waals surface area (Å²) >= 11 is 0. The van der Waals surface area contributed by atoms with E-state index in [9.17, 15) is 4.79 Å². The van der Waals surface area contributed by atoms with Gasteiger partial charge in [-0.3, -0.25) is 10.0 Å². The Labute approximate surface area is 153 Å². The molecule has 3 aromatic rings. The number of amides is 1. The molecule has 0 bridgehead atoms. The second kappa shape index (κ2) is 8.48. The molecule has 3 N–H and O–H groups in total. The van der Waals surface area contributed by atoms with E-state index in [1.54, 1.807) is 11.6 Å². The molecule has 0 saturated heterocycles. The quantitative estimate of drug-likeness (QED) is 0.254. The number of anilines is 1. The van der Waals surface area contributed by atoms with Gasteiger partial charge in [-0.15, -0.1) is 0 Å². The van der Waals surface area contributed by atoms with E-state index in [0.717, 1.165) is 27.8 Å². The highest BCUT2D eigenvalue weighted by molar-refractivity contribution is 7.53. The van der Waals surface area contributed by atoms with Crippen LogP contribution >= 0.6 is 8.30 Å². The predicted molar refractivity (Wildman–Crippen MR) is 106 cm³/mol. The molecule has 0 aromatic heterocycles. The van der Waals surface area contributed by atoms with Gasteiger partial charge in [-0.25, -0.2) is 5.48 Å². The average Bonchev–Trinajstić information content (AvgIpc) is 2.67. The first-order valence-electron chi connectivity index (χ1n) is 8.04. The molecule has 6 heteroatoms. The Bertz CT molecular complexity index is 920. The lowest BCUT2D eigenvalue weighted by atomic mass is 10.1. The van der Waals surface area contributed by atoms with Gasteiger partial charge >= 0.3 is 0 Å². The Morgan fingerprint density at radius 1 is 1.04 bits per heavy atom. The zero-order valence-corrected chi connectivity index (χ0v) is 15.1. The molecule has 0 aliphatic rings. The number of carbonyl (C=O) groups excluding carboxylic acids is 1. The van der Waals surface area contributed by atoms with Gasteiger partial charge in [0.1, 0.15) is 5.75 Å². The first-order chi connectivity index (χ1) is 12.7. The number of carbonyl (C=O) groups is 1. The van der Waals surface area contributed by atoms with Crippen LogP contribution in [-0.2, 0) is 4.79 Å². The highest BCUT2D eigenvalue weighted by Crippen LogP contribution is 2.38. The second-order valence-corrected chi connectivity index (χ2v) is 7.01. The van der Waals surface area contributed by atoms with Crippen LogP contribution in [0.2, 0.25) is 0 Å². The highest BCUT2D eigenvalue weighted by Gasteiger charge is 2.08. The van der Waals surface area contributed by atoms with Crippen LogP contribution in [-0.4, -0.2) is 17.8 Å². The van der Waals surface area contributed by atoms with Crippen molar-refractivity contribution >= 4 is 36.7 Å². The molecule has 132 valence electrons. The van der Waals surface area contributed by atoms with Crippen LogP contribution in [0.4, 0.5) is 5.69 Å².